The topological polar surface area (TPSA) is 94.9 Å². The summed E-state index contributed by atoms with van der Waals surface area (Å²) in [6.07, 6.45) is 10.1. The molecule has 1 heterocycles. The summed E-state index contributed by atoms with van der Waals surface area (Å²) >= 11 is -1.72. The van der Waals surface area contributed by atoms with Crippen LogP contribution in [-0.2, 0) is 24.9 Å². The molecule has 1 aromatic carbocycles. The van der Waals surface area contributed by atoms with Gasteiger partial charge in [-0.25, -0.2) is 4.21 Å². The van der Waals surface area contributed by atoms with Crippen LogP contribution in [0.4, 0.5) is 5.69 Å². The fourth-order valence-corrected chi connectivity index (χ4v) is 4.74. The molecule has 0 radical (unpaired) electrons. The number of anilines is 1. The number of nitrogens with one attached hydrogen (secondary N) is 1. The largest absolute Gasteiger partial charge is 0.477 e. The summed E-state index contributed by atoms with van der Waals surface area (Å²) in [6.45, 7) is 10.4. The number of hydrogen-bond acceptors (Lipinski definition) is 7. The van der Waals surface area contributed by atoms with E-state index in [9.17, 15) is 14.3 Å². The van der Waals surface area contributed by atoms with Gasteiger partial charge in [0, 0.05) is 25.8 Å². The van der Waals surface area contributed by atoms with Gasteiger partial charge in [0.15, 0.2) is 5.88 Å². The highest BCUT2D eigenvalue weighted by Crippen LogP contribution is 2.29. The van der Waals surface area contributed by atoms with E-state index in [4.69, 9.17) is 9.02 Å². The standard InChI is InChI=1S/C27H40N4O4S/c1-6-8-9-10-11-12-18-30(5)35-36(33)24-15-13-14-23(19-24)29-26(32)22(20-28)16-17-25-31(7-2)27(3,4)21-34-25/h13-17,19H,6-12,18,21H2,1-5H3,(H,29,32)/b22-16+,25-17-. The van der Waals surface area contributed by atoms with Crippen LogP contribution in [0.5, 0.6) is 0 Å². The van der Waals surface area contributed by atoms with Gasteiger partial charge in [-0.1, -0.05) is 45.1 Å². The molecule has 198 valence electrons. The number of hydrogen-bond donors (Lipinski definition) is 1. The van der Waals surface area contributed by atoms with Crippen LogP contribution in [-0.4, -0.2) is 52.4 Å². The fourth-order valence-electron chi connectivity index (χ4n) is 3.93. The molecular weight excluding hydrogens is 476 g/mol. The van der Waals surface area contributed by atoms with E-state index < -0.39 is 17.0 Å². The van der Waals surface area contributed by atoms with E-state index in [-0.39, 0.29) is 11.1 Å². The van der Waals surface area contributed by atoms with Crippen molar-refractivity contribution in [2.45, 2.75) is 76.7 Å². The third kappa shape index (κ3) is 9.08. The van der Waals surface area contributed by atoms with E-state index in [0.29, 0.717) is 29.6 Å². The number of hydroxylamine groups is 2. The maximum atomic E-state index is 12.7. The highest BCUT2D eigenvalue weighted by Gasteiger charge is 2.35. The molecule has 1 aliphatic rings. The molecule has 1 N–H and O–H groups in total. The zero-order valence-electron chi connectivity index (χ0n) is 22.2. The first-order valence-electron chi connectivity index (χ1n) is 12.7. The van der Waals surface area contributed by atoms with E-state index in [0.717, 1.165) is 19.4 Å². The molecule has 1 unspecified atom stereocenters. The van der Waals surface area contributed by atoms with Crippen LogP contribution in [0.1, 0.15) is 66.2 Å². The zero-order chi connectivity index (χ0) is 26.6. The first-order chi connectivity index (χ1) is 17.2. The van der Waals surface area contributed by atoms with Crippen molar-refractivity contribution >= 4 is 22.7 Å². The van der Waals surface area contributed by atoms with Gasteiger partial charge >= 0.3 is 0 Å². The summed E-state index contributed by atoms with van der Waals surface area (Å²) in [5, 5.41) is 13.8. The number of ether oxygens (including phenoxy) is 1. The predicted molar refractivity (Wildman–Crippen MR) is 143 cm³/mol. The molecule has 0 saturated carbocycles. The summed E-state index contributed by atoms with van der Waals surface area (Å²) in [5.74, 6) is 0.0707. The van der Waals surface area contributed by atoms with Gasteiger partial charge in [-0.3, -0.25) is 4.79 Å². The maximum absolute atomic E-state index is 12.7. The van der Waals surface area contributed by atoms with Gasteiger partial charge in [0.25, 0.3) is 5.91 Å². The Morgan fingerprint density at radius 2 is 2.00 bits per heavy atom. The van der Waals surface area contributed by atoms with Crippen LogP contribution in [0.15, 0.2) is 52.8 Å². The molecule has 36 heavy (non-hydrogen) atoms. The summed E-state index contributed by atoms with van der Waals surface area (Å²) in [6, 6.07) is 8.56. The number of nitriles is 1. The van der Waals surface area contributed by atoms with Gasteiger partial charge in [0.2, 0.25) is 11.1 Å². The van der Waals surface area contributed by atoms with Crippen LogP contribution >= 0.6 is 0 Å². The van der Waals surface area contributed by atoms with Crippen molar-refractivity contribution < 1.29 is 18.0 Å². The molecule has 0 bridgehead atoms. The van der Waals surface area contributed by atoms with Crippen LogP contribution in [0.3, 0.4) is 0 Å². The molecule has 8 nitrogen and oxygen atoms in total. The number of carbonyl (C=O) groups excluding carboxylic acids is 1. The van der Waals surface area contributed by atoms with Gasteiger partial charge in [0.1, 0.15) is 18.2 Å². The molecule has 1 saturated heterocycles. The third-order valence-electron chi connectivity index (χ3n) is 5.95. The second kappa shape index (κ2) is 14.8. The number of unbranched alkanes of at least 4 members (excludes halogenated alkanes) is 5. The summed E-state index contributed by atoms with van der Waals surface area (Å²) in [7, 11) is 1.77. The maximum Gasteiger partial charge on any atom is 0.266 e. The van der Waals surface area contributed by atoms with Gasteiger partial charge in [0.05, 0.1) is 10.4 Å². The first kappa shape index (κ1) is 29.6. The molecule has 0 aromatic heterocycles. The highest BCUT2D eigenvalue weighted by molar-refractivity contribution is 7.80. The zero-order valence-corrected chi connectivity index (χ0v) is 23.0. The number of amides is 1. The lowest BCUT2D eigenvalue weighted by Gasteiger charge is -2.28. The van der Waals surface area contributed by atoms with E-state index in [1.807, 2.05) is 13.0 Å². The Labute approximate surface area is 218 Å². The normalized spacial score (nSPS) is 17.2. The molecule has 1 fully saturated rings. The monoisotopic (exact) mass is 516 g/mol. The molecule has 1 aliphatic heterocycles. The molecule has 1 atom stereocenters. The van der Waals surface area contributed by atoms with Gasteiger partial charge in [-0.05, 0) is 57.5 Å². The van der Waals surface area contributed by atoms with Gasteiger partial charge < -0.3 is 15.0 Å². The van der Waals surface area contributed by atoms with Crippen molar-refractivity contribution in [2.24, 2.45) is 0 Å². The summed E-state index contributed by atoms with van der Waals surface area (Å²) in [5.41, 5.74) is 0.216. The average molecular weight is 517 g/mol. The van der Waals surface area contributed by atoms with E-state index >= 15 is 0 Å². The fraction of sp³-hybridized carbons (Fsp3) is 0.556. The third-order valence-corrected chi connectivity index (χ3v) is 6.98. The van der Waals surface area contributed by atoms with Crippen molar-refractivity contribution in [2.75, 3.05) is 32.1 Å². The Morgan fingerprint density at radius 1 is 1.28 bits per heavy atom. The number of benzene rings is 1. The van der Waals surface area contributed by atoms with E-state index in [1.54, 1.807) is 42.5 Å². The second-order valence-electron chi connectivity index (χ2n) is 9.45. The van der Waals surface area contributed by atoms with Gasteiger partial charge in [-0.15, -0.1) is 0 Å². The number of nitrogens with zero attached hydrogens (tertiary/aromatic N) is 3. The van der Waals surface area contributed by atoms with Crippen molar-refractivity contribution in [3.05, 3.63) is 47.9 Å². The molecule has 1 aromatic rings. The minimum absolute atomic E-state index is 0.0618. The summed E-state index contributed by atoms with van der Waals surface area (Å²) < 4.78 is 23.9. The molecular formula is C27H40N4O4S. The number of carbonyl (C=O) groups is 1. The molecule has 0 aliphatic carbocycles. The quantitative estimate of drug-likeness (QED) is 0.155. The predicted octanol–water partition coefficient (Wildman–Crippen LogP) is 5.29. The second-order valence-corrected chi connectivity index (χ2v) is 10.5. The van der Waals surface area contributed by atoms with Crippen LogP contribution in [0, 0.1) is 11.3 Å². The highest BCUT2D eigenvalue weighted by atomic mass is 32.2. The summed E-state index contributed by atoms with van der Waals surface area (Å²) in [4.78, 5) is 15.2. The van der Waals surface area contributed by atoms with E-state index in [1.165, 1.54) is 31.8 Å². The first-order valence-corrected chi connectivity index (χ1v) is 13.7. The molecule has 1 amide bonds. The van der Waals surface area contributed by atoms with Crippen molar-refractivity contribution in [1.29, 1.82) is 5.26 Å². The molecule has 9 heteroatoms. The van der Waals surface area contributed by atoms with Crippen LogP contribution in [0.25, 0.3) is 0 Å². The lowest BCUT2D eigenvalue weighted by Crippen LogP contribution is -2.39. The Morgan fingerprint density at radius 3 is 2.69 bits per heavy atom. The minimum Gasteiger partial charge on any atom is -0.477 e. The SMILES string of the molecule is CCCCCCCCN(C)OS(=O)c1cccc(NC(=O)/C(C#N)=C/C=C2\OCC(C)(C)N2CC)c1. The van der Waals surface area contributed by atoms with Crippen LogP contribution in [0.2, 0.25) is 0 Å². The number of rotatable bonds is 14. The smallest absolute Gasteiger partial charge is 0.266 e. The minimum atomic E-state index is -1.72. The molecule has 2 rings (SSSR count). The van der Waals surface area contributed by atoms with Gasteiger partial charge in [-0.2, -0.15) is 14.6 Å². The van der Waals surface area contributed by atoms with Crippen molar-refractivity contribution in [3.8, 4) is 6.07 Å². The number of likely N-dealkylation sites (N-methyl/N-ethyl adjacent to an activating group) is 1. The Bertz CT molecular complexity index is 1000. The Balaban J connectivity index is 1.95. The molecule has 0 spiro atoms. The number of allylic oxidation sites excluding steroid dienone is 2. The lowest BCUT2D eigenvalue weighted by molar-refractivity contribution is -0.112. The van der Waals surface area contributed by atoms with Crippen molar-refractivity contribution in [1.82, 2.24) is 9.96 Å². The van der Waals surface area contributed by atoms with E-state index in [2.05, 4.69) is 31.0 Å². The van der Waals surface area contributed by atoms with Crippen molar-refractivity contribution in [3.63, 3.8) is 0 Å². The Kier molecular flexibility index (Phi) is 12.1. The van der Waals surface area contributed by atoms with Crippen LogP contribution < -0.4 is 5.32 Å². The lowest BCUT2D eigenvalue weighted by atomic mass is 10.1. The average Bonchev–Trinajstić information content (AvgIpc) is 3.14. The Hall–Kier alpha value is -2.67.